The van der Waals surface area contributed by atoms with Gasteiger partial charge in [0.15, 0.2) is 0 Å². The first-order chi connectivity index (χ1) is 7.83. The number of aromatic nitrogens is 2. The van der Waals surface area contributed by atoms with Gasteiger partial charge in [-0.3, -0.25) is 9.89 Å². The number of amides is 1. The van der Waals surface area contributed by atoms with Gasteiger partial charge in [0, 0.05) is 12.2 Å². The van der Waals surface area contributed by atoms with E-state index in [-0.39, 0.29) is 11.8 Å². The molecule has 0 aromatic carbocycles. The highest BCUT2D eigenvalue weighted by Gasteiger charge is 2.39. The number of carbonyl (C=O) groups is 1. The van der Waals surface area contributed by atoms with Crippen molar-refractivity contribution in [3.05, 3.63) is 12.4 Å². The van der Waals surface area contributed by atoms with Gasteiger partial charge in [-0.15, -0.1) is 0 Å². The molecule has 2 bridgehead atoms. The van der Waals surface area contributed by atoms with E-state index >= 15 is 0 Å². The number of piperidine rings is 2. The Morgan fingerprint density at radius 2 is 2.44 bits per heavy atom. The molecule has 0 radical (unpaired) electrons. The van der Waals surface area contributed by atoms with E-state index in [0.717, 1.165) is 25.1 Å². The highest BCUT2D eigenvalue weighted by atomic mass is 16.1. The van der Waals surface area contributed by atoms with Crippen molar-refractivity contribution in [3.63, 3.8) is 0 Å². The van der Waals surface area contributed by atoms with Gasteiger partial charge in [-0.25, -0.2) is 0 Å². The number of fused-ring (bicyclic) bond motifs is 3. The maximum absolute atomic E-state index is 12.1. The SMILES string of the molecule is O=C(Nc1cn[nH]c1)C1CC2CCC1NC2. The Morgan fingerprint density at radius 1 is 1.50 bits per heavy atom. The van der Waals surface area contributed by atoms with Gasteiger partial charge in [-0.1, -0.05) is 0 Å². The van der Waals surface area contributed by atoms with Crippen LogP contribution in [0.15, 0.2) is 12.4 Å². The third-order valence-electron chi connectivity index (χ3n) is 3.73. The highest BCUT2D eigenvalue weighted by Crippen LogP contribution is 2.34. The standard InChI is InChI=1S/C11H16N4O/c16-11(15-8-5-13-14-6-8)9-3-7-1-2-10(9)12-4-7/h5-7,9-10,12H,1-4H2,(H,13,14)(H,15,16). The average Bonchev–Trinajstić information content (AvgIpc) is 2.83. The first-order valence-corrected chi connectivity index (χ1v) is 5.86. The van der Waals surface area contributed by atoms with Crippen LogP contribution in [0.2, 0.25) is 0 Å². The molecule has 3 unspecified atom stereocenters. The molecular weight excluding hydrogens is 204 g/mol. The van der Waals surface area contributed by atoms with Crippen LogP contribution in [0.5, 0.6) is 0 Å². The number of rotatable bonds is 2. The molecule has 4 rings (SSSR count). The number of H-pyrrole nitrogens is 1. The smallest absolute Gasteiger partial charge is 0.229 e. The lowest BCUT2D eigenvalue weighted by Gasteiger charge is -2.42. The number of hydrogen-bond donors (Lipinski definition) is 3. The van der Waals surface area contributed by atoms with Crippen LogP contribution in [-0.4, -0.2) is 28.7 Å². The summed E-state index contributed by atoms with van der Waals surface area (Å²) in [7, 11) is 0. The number of carbonyl (C=O) groups excluding carboxylic acids is 1. The fourth-order valence-corrected chi connectivity index (χ4v) is 2.85. The van der Waals surface area contributed by atoms with E-state index in [1.54, 1.807) is 12.4 Å². The van der Waals surface area contributed by atoms with E-state index in [4.69, 9.17) is 0 Å². The Bertz CT molecular complexity index is 367. The van der Waals surface area contributed by atoms with Gasteiger partial charge in [-0.2, -0.15) is 5.10 Å². The van der Waals surface area contributed by atoms with Crippen molar-refractivity contribution in [1.82, 2.24) is 15.5 Å². The molecule has 3 atom stereocenters. The van der Waals surface area contributed by atoms with E-state index in [9.17, 15) is 4.79 Å². The molecule has 3 heterocycles. The molecule has 3 fully saturated rings. The minimum absolute atomic E-state index is 0.127. The lowest BCUT2D eigenvalue weighted by atomic mass is 9.73. The molecule has 2 aliphatic heterocycles. The van der Waals surface area contributed by atoms with Gasteiger partial charge in [0.25, 0.3) is 0 Å². The van der Waals surface area contributed by atoms with Crippen molar-refractivity contribution in [3.8, 4) is 0 Å². The molecule has 16 heavy (non-hydrogen) atoms. The number of hydrogen-bond acceptors (Lipinski definition) is 3. The molecule has 5 heteroatoms. The van der Waals surface area contributed by atoms with Crippen LogP contribution in [0.25, 0.3) is 0 Å². The van der Waals surface area contributed by atoms with Gasteiger partial charge in [0.05, 0.1) is 17.8 Å². The van der Waals surface area contributed by atoms with E-state index < -0.39 is 0 Å². The fourth-order valence-electron chi connectivity index (χ4n) is 2.85. The summed E-state index contributed by atoms with van der Waals surface area (Å²) in [5, 5.41) is 12.9. The monoisotopic (exact) mass is 220 g/mol. The van der Waals surface area contributed by atoms with Crippen LogP contribution in [0, 0.1) is 11.8 Å². The predicted molar refractivity (Wildman–Crippen MR) is 59.8 cm³/mol. The van der Waals surface area contributed by atoms with E-state index in [2.05, 4.69) is 20.8 Å². The minimum atomic E-state index is 0.127. The quantitative estimate of drug-likeness (QED) is 0.688. The summed E-state index contributed by atoms with van der Waals surface area (Å²) in [5.41, 5.74) is 0.756. The van der Waals surface area contributed by atoms with Gasteiger partial charge in [0.1, 0.15) is 0 Å². The second-order valence-corrected chi connectivity index (χ2v) is 4.78. The molecule has 1 aromatic rings. The summed E-state index contributed by atoms with van der Waals surface area (Å²) >= 11 is 0. The maximum atomic E-state index is 12.1. The zero-order valence-corrected chi connectivity index (χ0v) is 9.07. The van der Waals surface area contributed by atoms with E-state index in [0.29, 0.717) is 12.0 Å². The van der Waals surface area contributed by atoms with Crippen molar-refractivity contribution in [2.75, 3.05) is 11.9 Å². The molecule has 3 N–H and O–H groups in total. The van der Waals surface area contributed by atoms with Crippen molar-refractivity contribution in [1.29, 1.82) is 0 Å². The topological polar surface area (TPSA) is 69.8 Å². The number of nitrogens with zero attached hydrogens (tertiary/aromatic N) is 1. The van der Waals surface area contributed by atoms with E-state index in [1.807, 2.05) is 0 Å². The molecule has 1 aromatic heterocycles. The van der Waals surface area contributed by atoms with Crippen molar-refractivity contribution < 1.29 is 4.79 Å². The Balaban J connectivity index is 1.67. The summed E-state index contributed by atoms with van der Waals surface area (Å²) in [5.74, 6) is 0.941. The van der Waals surface area contributed by atoms with Gasteiger partial charge in [-0.05, 0) is 31.7 Å². The molecule has 3 aliphatic rings. The Hall–Kier alpha value is -1.36. The van der Waals surface area contributed by atoms with Crippen molar-refractivity contribution in [2.45, 2.75) is 25.3 Å². The lowest BCUT2D eigenvalue weighted by molar-refractivity contribution is -0.123. The fraction of sp³-hybridized carbons (Fsp3) is 0.636. The summed E-state index contributed by atoms with van der Waals surface area (Å²) in [6.45, 7) is 1.08. The minimum Gasteiger partial charge on any atom is -0.323 e. The van der Waals surface area contributed by atoms with E-state index in [1.165, 1.54) is 6.42 Å². The Morgan fingerprint density at radius 3 is 3.00 bits per heavy atom. The second-order valence-electron chi connectivity index (χ2n) is 4.78. The highest BCUT2D eigenvalue weighted by molar-refractivity contribution is 5.92. The zero-order valence-electron chi connectivity index (χ0n) is 9.07. The number of nitrogens with one attached hydrogen (secondary N) is 3. The molecule has 1 amide bonds. The maximum Gasteiger partial charge on any atom is 0.229 e. The van der Waals surface area contributed by atoms with Gasteiger partial charge < -0.3 is 10.6 Å². The van der Waals surface area contributed by atoms with Crippen LogP contribution in [0.3, 0.4) is 0 Å². The summed E-state index contributed by atoms with van der Waals surface area (Å²) < 4.78 is 0. The summed E-state index contributed by atoms with van der Waals surface area (Å²) in [6.07, 6.45) is 6.77. The molecule has 0 spiro atoms. The largest absolute Gasteiger partial charge is 0.323 e. The molecule has 5 nitrogen and oxygen atoms in total. The first-order valence-electron chi connectivity index (χ1n) is 5.86. The third kappa shape index (κ3) is 1.71. The zero-order chi connectivity index (χ0) is 11.0. The molecule has 2 saturated heterocycles. The van der Waals surface area contributed by atoms with Crippen molar-refractivity contribution >= 4 is 11.6 Å². The van der Waals surface area contributed by atoms with Crippen LogP contribution >= 0.6 is 0 Å². The van der Waals surface area contributed by atoms with Crippen LogP contribution in [0.4, 0.5) is 5.69 Å². The predicted octanol–water partition coefficient (Wildman–Crippen LogP) is 0.736. The third-order valence-corrected chi connectivity index (χ3v) is 3.73. The number of anilines is 1. The average molecular weight is 220 g/mol. The van der Waals surface area contributed by atoms with Crippen molar-refractivity contribution in [2.24, 2.45) is 11.8 Å². The van der Waals surface area contributed by atoms with Gasteiger partial charge in [0.2, 0.25) is 5.91 Å². The second kappa shape index (κ2) is 3.90. The lowest BCUT2D eigenvalue weighted by Crippen LogP contribution is -2.53. The summed E-state index contributed by atoms with van der Waals surface area (Å²) in [6, 6.07) is 0.372. The summed E-state index contributed by atoms with van der Waals surface area (Å²) in [4.78, 5) is 12.1. The Labute approximate surface area is 94.0 Å². The first kappa shape index (κ1) is 9.84. The van der Waals surface area contributed by atoms with Crippen LogP contribution in [0.1, 0.15) is 19.3 Å². The molecule has 86 valence electrons. The Kier molecular flexibility index (Phi) is 2.40. The molecule has 1 aliphatic carbocycles. The molecule has 1 saturated carbocycles. The van der Waals surface area contributed by atoms with Crippen LogP contribution in [-0.2, 0) is 4.79 Å². The van der Waals surface area contributed by atoms with Crippen LogP contribution < -0.4 is 10.6 Å². The van der Waals surface area contributed by atoms with Gasteiger partial charge >= 0.3 is 0 Å². The molecular formula is C11H16N4O. The normalized spacial score (nSPS) is 32.6. The number of aromatic amines is 1.